The van der Waals surface area contributed by atoms with Gasteiger partial charge in [-0.1, -0.05) is 29.3 Å². The van der Waals surface area contributed by atoms with Crippen molar-refractivity contribution in [1.29, 1.82) is 0 Å². The minimum absolute atomic E-state index is 0.204. The fourth-order valence-corrected chi connectivity index (χ4v) is 3.08. The van der Waals surface area contributed by atoms with Gasteiger partial charge in [0.1, 0.15) is 11.6 Å². The van der Waals surface area contributed by atoms with Crippen LogP contribution in [0.3, 0.4) is 0 Å². The Morgan fingerprint density at radius 2 is 2.00 bits per heavy atom. The summed E-state index contributed by atoms with van der Waals surface area (Å²) in [5.41, 5.74) is 1.24. The van der Waals surface area contributed by atoms with E-state index in [4.69, 9.17) is 4.74 Å². The monoisotopic (exact) mass is 441 g/mol. The summed E-state index contributed by atoms with van der Waals surface area (Å²) in [6, 6.07) is 12.4. The summed E-state index contributed by atoms with van der Waals surface area (Å²) in [7, 11) is 0. The van der Waals surface area contributed by atoms with E-state index >= 15 is 0 Å². The van der Waals surface area contributed by atoms with Crippen LogP contribution in [-0.2, 0) is 11.2 Å². The molecule has 0 unspecified atom stereocenters. The molecule has 0 saturated carbocycles. The Bertz CT molecular complexity index is 1090. The Morgan fingerprint density at radius 3 is 2.68 bits per heavy atom. The molecule has 0 aliphatic carbocycles. The zero-order valence-electron chi connectivity index (χ0n) is 15.7. The number of esters is 1. The first kappa shape index (κ1) is 19.9. The van der Waals surface area contributed by atoms with Crippen molar-refractivity contribution in [3.63, 3.8) is 0 Å². The molecule has 2 aromatic carbocycles. The maximum atomic E-state index is 13.0. The van der Waals surface area contributed by atoms with Crippen LogP contribution in [0.4, 0.5) is 0 Å². The highest BCUT2D eigenvalue weighted by Crippen LogP contribution is 2.17. The van der Waals surface area contributed by atoms with Crippen molar-refractivity contribution in [3.05, 3.63) is 68.7 Å². The minimum atomic E-state index is -0.373. The molecule has 0 saturated heterocycles. The van der Waals surface area contributed by atoms with Crippen molar-refractivity contribution in [3.8, 4) is 5.75 Å². The normalized spacial score (nSPS) is 11.2. The van der Waals surface area contributed by atoms with E-state index in [1.165, 1.54) is 11.6 Å². The first-order valence-electron chi connectivity index (χ1n) is 9.02. The third-order valence-corrected chi connectivity index (χ3v) is 4.59. The zero-order valence-corrected chi connectivity index (χ0v) is 17.3. The molecular weight excluding hydrogens is 422 g/mol. The van der Waals surface area contributed by atoms with Crippen LogP contribution in [0.5, 0.6) is 5.75 Å². The summed E-state index contributed by atoms with van der Waals surface area (Å²) >= 11 is 3.40. The van der Waals surface area contributed by atoms with Crippen molar-refractivity contribution in [2.45, 2.75) is 33.1 Å². The van der Waals surface area contributed by atoms with E-state index in [-0.39, 0.29) is 11.5 Å². The molecule has 0 spiro atoms. The lowest BCUT2D eigenvalue weighted by Gasteiger charge is -2.09. The van der Waals surface area contributed by atoms with Crippen molar-refractivity contribution in [1.82, 2.24) is 9.66 Å². The van der Waals surface area contributed by atoms with Crippen LogP contribution in [0.15, 0.2) is 56.8 Å². The standard InChI is InChI=1S/C21H20BrN3O3/c1-3-4-5-20-24-19-11-8-16(22)12-18(19)21(27)25(20)23-13-15-6-9-17(10-7-15)28-14(2)26/h6-13H,3-5H2,1-2H3. The number of benzene rings is 2. The molecule has 0 N–H and O–H groups in total. The van der Waals surface area contributed by atoms with Gasteiger partial charge in [0, 0.05) is 17.8 Å². The Hall–Kier alpha value is -2.80. The smallest absolute Gasteiger partial charge is 0.308 e. The summed E-state index contributed by atoms with van der Waals surface area (Å²) in [5, 5.41) is 4.90. The molecular formula is C21H20BrN3O3. The van der Waals surface area contributed by atoms with Crippen LogP contribution in [0, 0.1) is 0 Å². The maximum absolute atomic E-state index is 13.0. The van der Waals surface area contributed by atoms with Gasteiger partial charge in [0.15, 0.2) is 0 Å². The maximum Gasteiger partial charge on any atom is 0.308 e. The van der Waals surface area contributed by atoms with Crippen LogP contribution in [0.25, 0.3) is 10.9 Å². The molecule has 1 heterocycles. The van der Waals surface area contributed by atoms with E-state index in [1.807, 2.05) is 12.1 Å². The number of ether oxygens (including phenoxy) is 1. The zero-order chi connectivity index (χ0) is 20.1. The Balaban J connectivity index is 2.00. The lowest BCUT2D eigenvalue weighted by molar-refractivity contribution is -0.131. The highest BCUT2D eigenvalue weighted by atomic mass is 79.9. The quantitative estimate of drug-likeness (QED) is 0.324. The number of unbranched alkanes of at least 4 members (excludes halogenated alkanes) is 1. The highest BCUT2D eigenvalue weighted by Gasteiger charge is 2.10. The molecule has 0 fully saturated rings. The van der Waals surface area contributed by atoms with E-state index in [0.29, 0.717) is 28.9 Å². The number of fused-ring (bicyclic) bond motifs is 1. The van der Waals surface area contributed by atoms with E-state index in [1.54, 1.807) is 36.5 Å². The van der Waals surface area contributed by atoms with Gasteiger partial charge in [0.05, 0.1) is 17.1 Å². The number of hydrogen-bond acceptors (Lipinski definition) is 5. The van der Waals surface area contributed by atoms with E-state index in [0.717, 1.165) is 22.9 Å². The van der Waals surface area contributed by atoms with Gasteiger partial charge in [0.2, 0.25) is 0 Å². The second-order valence-electron chi connectivity index (χ2n) is 6.32. The van der Waals surface area contributed by atoms with E-state index < -0.39 is 0 Å². The summed E-state index contributed by atoms with van der Waals surface area (Å²) in [4.78, 5) is 28.6. The molecule has 0 aliphatic rings. The number of carbonyl (C=O) groups is 1. The van der Waals surface area contributed by atoms with Gasteiger partial charge in [0.25, 0.3) is 5.56 Å². The molecule has 3 aromatic rings. The molecule has 0 bridgehead atoms. The molecule has 144 valence electrons. The molecule has 6 nitrogen and oxygen atoms in total. The van der Waals surface area contributed by atoms with Gasteiger partial charge in [-0.05, 0) is 54.4 Å². The van der Waals surface area contributed by atoms with Crippen molar-refractivity contribution in [2.75, 3.05) is 0 Å². The van der Waals surface area contributed by atoms with E-state index in [2.05, 4.69) is 32.9 Å². The fourth-order valence-electron chi connectivity index (χ4n) is 2.72. The Labute approximate surface area is 171 Å². The molecule has 0 aliphatic heterocycles. The number of nitrogens with zero attached hydrogens (tertiary/aromatic N) is 3. The van der Waals surface area contributed by atoms with Crippen LogP contribution in [0.2, 0.25) is 0 Å². The number of carbonyl (C=O) groups excluding carboxylic acids is 1. The average molecular weight is 442 g/mol. The fraction of sp³-hybridized carbons (Fsp3) is 0.238. The largest absolute Gasteiger partial charge is 0.427 e. The lowest BCUT2D eigenvalue weighted by atomic mass is 10.2. The summed E-state index contributed by atoms with van der Waals surface area (Å²) in [6.07, 6.45) is 4.18. The third-order valence-electron chi connectivity index (χ3n) is 4.09. The molecule has 1 aromatic heterocycles. The molecule has 0 atom stereocenters. The number of aryl methyl sites for hydroxylation is 1. The average Bonchev–Trinajstić information content (AvgIpc) is 2.67. The summed E-state index contributed by atoms with van der Waals surface area (Å²) < 4.78 is 7.20. The highest BCUT2D eigenvalue weighted by molar-refractivity contribution is 9.10. The topological polar surface area (TPSA) is 73.6 Å². The van der Waals surface area contributed by atoms with Gasteiger partial charge in [-0.25, -0.2) is 4.98 Å². The van der Waals surface area contributed by atoms with Crippen LogP contribution < -0.4 is 10.3 Å². The van der Waals surface area contributed by atoms with Crippen molar-refractivity contribution in [2.24, 2.45) is 5.10 Å². The minimum Gasteiger partial charge on any atom is -0.427 e. The predicted octanol–water partition coefficient (Wildman–Crippen LogP) is 4.31. The molecule has 28 heavy (non-hydrogen) atoms. The molecule has 0 amide bonds. The third kappa shape index (κ3) is 4.72. The number of rotatable bonds is 6. The number of aromatic nitrogens is 2. The van der Waals surface area contributed by atoms with Gasteiger partial charge >= 0.3 is 5.97 Å². The number of hydrogen-bond donors (Lipinski definition) is 0. The van der Waals surface area contributed by atoms with Crippen LogP contribution in [0.1, 0.15) is 38.1 Å². The molecule has 7 heteroatoms. The number of halogens is 1. The Kier molecular flexibility index (Phi) is 6.36. The predicted molar refractivity (Wildman–Crippen MR) is 113 cm³/mol. The summed E-state index contributed by atoms with van der Waals surface area (Å²) in [5.74, 6) is 0.721. The second kappa shape index (κ2) is 8.93. The van der Waals surface area contributed by atoms with Crippen molar-refractivity contribution < 1.29 is 9.53 Å². The summed E-state index contributed by atoms with van der Waals surface area (Å²) in [6.45, 7) is 3.44. The SMILES string of the molecule is CCCCc1nc2ccc(Br)cc2c(=O)n1N=Cc1ccc(OC(C)=O)cc1. The van der Waals surface area contributed by atoms with Gasteiger partial charge in [-0.15, -0.1) is 0 Å². The van der Waals surface area contributed by atoms with Crippen LogP contribution >= 0.6 is 15.9 Å². The molecule has 0 radical (unpaired) electrons. The van der Waals surface area contributed by atoms with Gasteiger partial charge in [-0.2, -0.15) is 9.78 Å². The van der Waals surface area contributed by atoms with Gasteiger partial charge in [-0.3, -0.25) is 9.59 Å². The Morgan fingerprint density at radius 1 is 1.25 bits per heavy atom. The van der Waals surface area contributed by atoms with E-state index in [9.17, 15) is 9.59 Å². The second-order valence-corrected chi connectivity index (χ2v) is 7.23. The lowest BCUT2D eigenvalue weighted by Crippen LogP contribution is -2.22. The first-order chi connectivity index (χ1) is 13.5. The molecule has 3 rings (SSSR count). The first-order valence-corrected chi connectivity index (χ1v) is 9.81. The van der Waals surface area contributed by atoms with Crippen molar-refractivity contribution >= 4 is 39.0 Å². The van der Waals surface area contributed by atoms with Crippen LogP contribution in [-0.4, -0.2) is 21.8 Å². The van der Waals surface area contributed by atoms with Gasteiger partial charge < -0.3 is 4.74 Å².